The Morgan fingerprint density at radius 1 is 0.792 bits per heavy atom. The number of nitrogens with one attached hydrogen (secondary N) is 1. The maximum Gasteiger partial charge on any atom is 0.343 e. The van der Waals surface area contributed by atoms with Crippen LogP contribution in [0.4, 0.5) is 0 Å². The van der Waals surface area contributed by atoms with Gasteiger partial charge >= 0.3 is 5.97 Å². The molecule has 5 nitrogen and oxygen atoms in total. The number of hydrogen-bond acceptors (Lipinski definition) is 4. The summed E-state index contributed by atoms with van der Waals surface area (Å²) >= 11 is 0. The fourth-order valence-electron chi connectivity index (χ4n) is 2.60. The predicted octanol–water partition coefficient (Wildman–Crippen LogP) is 3.84. The second-order valence-corrected chi connectivity index (χ2v) is 5.25. The van der Waals surface area contributed by atoms with E-state index >= 15 is 0 Å². The Morgan fingerprint density at radius 2 is 1.54 bits per heavy atom. The van der Waals surface area contributed by atoms with E-state index in [-0.39, 0.29) is 0 Å². The van der Waals surface area contributed by atoms with E-state index in [1.54, 1.807) is 30.3 Å². The van der Waals surface area contributed by atoms with Crippen LogP contribution in [0.3, 0.4) is 0 Å². The van der Waals surface area contributed by atoms with Crippen molar-refractivity contribution < 1.29 is 9.53 Å². The van der Waals surface area contributed by atoms with Gasteiger partial charge in [-0.2, -0.15) is 15.4 Å². The van der Waals surface area contributed by atoms with Crippen LogP contribution in [0, 0.1) is 0 Å². The summed E-state index contributed by atoms with van der Waals surface area (Å²) < 4.78 is 5.61. The highest BCUT2D eigenvalue weighted by Crippen LogP contribution is 2.33. The summed E-state index contributed by atoms with van der Waals surface area (Å²) in [5.74, 6) is 0.0947. The molecule has 0 spiro atoms. The largest absolute Gasteiger partial charge is 0.422 e. The topological polar surface area (TPSA) is 67.9 Å². The number of esters is 1. The molecular formula is C19H13N3O2. The summed E-state index contributed by atoms with van der Waals surface area (Å²) in [6, 6.07) is 22.0. The molecule has 0 radical (unpaired) electrons. The Balaban J connectivity index is 1.76. The molecule has 1 N–H and O–H groups in total. The van der Waals surface area contributed by atoms with Crippen molar-refractivity contribution in [1.82, 2.24) is 15.4 Å². The van der Waals surface area contributed by atoms with Crippen LogP contribution in [-0.2, 0) is 0 Å². The number of hydrogen-bond donors (Lipinski definition) is 1. The molecule has 1 heterocycles. The van der Waals surface area contributed by atoms with Crippen LogP contribution in [0.15, 0.2) is 72.8 Å². The third-order valence-corrected chi connectivity index (χ3v) is 3.74. The van der Waals surface area contributed by atoms with Gasteiger partial charge in [0, 0.05) is 11.1 Å². The average molecular weight is 315 g/mol. The molecule has 0 atom stereocenters. The lowest BCUT2D eigenvalue weighted by molar-refractivity contribution is 0.0735. The first-order valence-electron chi connectivity index (χ1n) is 7.49. The van der Waals surface area contributed by atoms with Crippen LogP contribution in [-0.4, -0.2) is 21.4 Å². The predicted molar refractivity (Wildman–Crippen MR) is 90.7 cm³/mol. The summed E-state index contributed by atoms with van der Waals surface area (Å²) in [6.07, 6.45) is 0. The normalized spacial score (nSPS) is 10.7. The molecule has 0 aliphatic carbocycles. The van der Waals surface area contributed by atoms with Gasteiger partial charge < -0.3 is 4.74 Å². The van der Waals surface area contributed by atoms with Crippen LogP contribution in [0.5, 0.6) is 5.75 Å². The maximum atomic E-state index is 12.4. The number of H-pyrrole nitrogens is 1. The van der Waals surface area contributed by atoms with Crippen molar-refractivity contribution in [2.24, 2.45) is 0 Å². The Labute approximate surface area is 137 Å². The van der Waals surface area contributed by atoms with Crippen LogP contribution in [0.2, 0.25) is 0 Å². The second-order valence-electron chi connectivity index (χ2n) is 5.25. The third-order valence-electron chi connectivity index (χ3n) is 3.74. The zero-order valence-corrected chi connectivity index (χ0v) is 12.6. The molecule has 0 amide bonds. The fourth-order valence-corrected chi connectivity index (χ4v) is 2.60. The highest BCUT2D eigenvalue weighted by molar-refractivity contribution is 5.95. The van der Waals surface area contributed by atoms with Gasteiger partial charge in [0.15, 0.2) is 0 Å². The smallest absolute Gasteiger partial charge is 0.343 e. The van der Waals surface area contributed by atoms with Crippen molar-refractivity contribution in [2.75, 3.05) is 0 Å². The van der Waals surface area contributed by atoms with Gasteiger partial charge in [-0.1, -0.05) is 48.5 Å². The van der Waals surface area contributed by atoms with Crippen molar-refractivity contribution in [3.8, 4) is 16.9 Å². The van der Waals surface area contributed by atoms with E-state index in [0.717, 1.165) is 22.2 Å². The molecule has 0 unspecified atom stereocenters. The van der Waals surface area contributed by atoms with Gasteiger partial charge in [-0.25, -0.2) is 4.79 Å². The number of nitrogens with zero attached hydrogens (tertiary/aromatic N) is 2. The van der Waals surface area contributed by atoms with Crippen LogP contribution < -0.4 is 4.74 Å². The molecule has 3 aromatic carbocycles. The molecule has 0 aliphatic rings. The average Bonchev–Trinajstić information content (AvgIpc) is 3.12. The standard InChI is InChI=1S/C19H13N3O2/c23-19(13-7-2-1-3-8-13)24-17-12-5-4-9-14(17)15-10-6-11-16-18(15)21-22-20-16/h1-12H,(H,20,21,22). The molecular weight excluding hydrogens is 302 g/mol. The minimum absolute atomic E-state index is 0.393. The van der Waals surface area contributed by atoms with Crippen molar-refractivity contribution >= 4 is 17.0 Å². The molecule has 0 bridgehead atoms. The molecule has 24 heavy (non-hydrogen) atoms. The number of carbonyl (C=O) groups is 1. The van der Waals surface area contributed by atoms with Crippen LogP contribution in [0.1, 0.15) is 10.4 Å². The van der Waals surface area contributed by atoms with Crippen molar-refractivity contribution in [3.63, 3.8) is 0 Å². The second kappa shape index (κ2) is 5.96. The first-order valence-corrected chi connectivity index (χ1v) is 7.49. The Morgan fingerprint density at radius 3 is 2.42 bits per heavy atom. The van der Waals surface area contributed by atoms with E-state index < -0.39 is 5.97 Å². The maximum absolute atomic E-state index is 12.4. The van der Waals surface area contributed by atoms with Crippen LogP contribution in [0.25, 0.3) is 22.2 Å². The van der Waals surface area contributed by atoms with Crippen molar-refractivity contribution in [2.45, 2.75) is 0 Å². The van der Waals surface area contributed by atoms with Crippen LogP contribution >= 0.6 is 0 Å². The van der Waals surface area contributed by atoms with E-state index in [1.807, 2.05) is 42.5 Å². The van der Waals surface area contributed by atoms with Crippen molar-refractivity contribution in [1.29, 1.82) is 0 Å². The lowest BCUT2D eigenvalue weighted by Gasteiger charge is -2.10. The van der Waals surface area contributed by atoms with Gasteiger partial charge in [-0.05, 0) is 24.3 Å². The Bertz CT molecular complexity index is 1010. The molecule has 4 aromatic rings. The van der Waals surface area contributed by atoms with Crippen molar-refractivity contribution in [3.05, 3.63) is 78.4 Å². The number of benzene rings is 3. The van der Waals surface area contributed by atoms with Gasteiger partial charge in [0.1, 0.15) is 16.8 Å². The first-order chi connectivity index (χ1) is 11.8. The van der Waals surface area contributed by atoms with Gasteiger partial charge in [0.2, 0.25) is 0 Å². The summed E-state index contributed by atoms with van der Waals surface area (Å²) in [6.45, 7) is 0. The SMILES string of the molecule is O=C(Oc1ccccc1-c1cccc2n[nH]nc12)c1ccccc1. The van der Waals surface area contributed by atoms with Gasteiger partial charge in [-0.15, -0.1) is 0 Å². The zero-order valence-electron chi connectivity index (χ0n) is 12.6. The number of carbonyl (C=O) groups excluding carboxylic acids is 1. The number of aromatic amines is 1. The quantitative estimate of drug-likeness (QED) is 0.460. The summed E-state index contributed by atoms with van der Waals surface area (Å²) in [7, 11) is 0. The van der Waals surface area contributed by atoms with E-state index in [9.17, 15) is 4.79 Å². The number of rotatable bonds is 3. The summed E-state index contributed by atoms with van der Waals surface area (Å²) in [5.41, 5.74) is 3.66. The van der Waals surface area contributed by atoms with E-state index in [1.165, 1.54) is 0 Å². The third kappa shape index (κ3) is 2.52. The summed E-state index contributed by atoms with van der Waals surface area (Å²) in [5, 5.41) is 10.9. The minimum atomic E-state index is -0.393. The first kappa shape index (κ1) is 14.1. The van der Waals surface area contributed by atoms with E-state index in [4.69, 9.17) is 4.74 Å². The molecule has 1 aromatic heterocycles. The molecule has 0 saturated heterocycles. The molecule has 0 fully saturated rings. The zero-order chi connectivity index (χ0) is 16.4. The molecule has 0 saturated carbocycles. The highest BCUT2D eigenvalue weighted by atomic mass is 16.5. The molecule has 0 aliphatic heterocycles. The van der Waals surface area contributed by atoms with Gasteiger partial charge in [0.25, 0.3) is 0 Å². The van der Waals surface area contributed by atoms with E-state index in [2.05, 4.69) is 15.4 Å². The molecule has 4 rings (SSSR count). The number of para-hydroxylation sites is 2. The Kier molecular flexibility index (Phi) is 3.51. The lowest BCUT2D eigenvalue weighted by Crippen LogP contribution is -2.08. The van der Waals surface area contributed by atoms with Gasteiger partial charge in [-0.3, -0.25) is 0 Å². The number of aromatic nitrogens is 3. The molecule has 116 valence electrons. The van der Waals surface area contributed by atoms with E-state index in [0.29, 0.717) is 11.3 Å². The monoisotopic (exact) mass is 315 g/mol. The summed E-state index contributed by atoms with van der Waals surface area (Å²) in [4.78, 5) is 12.4. The highest BCUT2D eigenvalue weighted by Gasteiger charge is 2.15. The number of fused-ring (bicyclic) bond motifs is 1. The minimum Gasteiger partial charge on any atom is -0.422 e. The Hall–Kier alpha value is -3.47. The fraction of sp³-hybridized carbons (Fsp3) is 0. The number of ether oxygens (including phenoxy) is 1. The molecule has 5 heteroatoms. The van der Waals surface area contributed by atoms with Gasteiger partial charge in [0.05, 0.1) is 5.56 Å². The lowest BCUT2D eigenvalue weighted by atomic mass is 10.0.